The molecule has 3 nitrogen and oxygen atoms in total. The number of hydrogen-bond acceptors (Lipinski definition) is 1. The highest BCUT2D eigenvalue weighted by Gasteiger charge is 2.25. The Morgan fingerprint density at radius 3 is 2.32 bits per heavy atom. The molecule has 0 radical (unpaired) electrons. The number of H-pyrrole nitrogens is 1. The molecule has 0 aliphatic rings. The van der Waals surface area contributed by atoms with E-state index in [0.717, 1.165) is 0 Å². The van der Waals surface area contributed by atoms with Crippen molar-refractivity contribution >= 4 is 40.2 Å². The molecule has 25 heavy (non-hydrogen) atoms. The van der Waals surface area contributed by atoms with Gasteiger partial charge >= 0.3 is 0 Å². The zero-order valence-corrected chi connectivity index (χ0v) is 13.1. The van der Waals surface area contributed by atoms with Crippen LogP contribution < -0.4 is 5.32 Å². The number of carbonyl (C=O) groups is 1. The molecule has 3 rings (SSSR count). The quantitative estimate of drug-likeness (QED) is 0.480. The van der Waals surface area contributed by atoms with Crippen molar-refractivity contribution in [2.75, 3.05) is 5.32 Å². The highest BCUT2D eigenvalue weighted by atomic mass is 35.5. The Morgan fingerprint density at radius 1 is 1.08 bits per heavy atom. The van der Waals surface area contributed by atoms with Gasteiger partial charge in [-0.3, -0.25) is 4.79 Å². The predicted molar refractivity (Wildman–Crippen MR) is 87.6 cm³/mol. The molecule has 1 aromatic heterocycles. The van der Waals surface area contributed by atoms with Gasteiger partial charge in [0.25, 0.3) is 5.91 Å². The molecule has 0 saturated carbocycles. The average Bonchev–Trinajstić information content (AvgIpc) is 3.00. The Bertz CT molecular complexity index is 1000. The lowest BCUT2D eigenvalue weighted by Crippen LogP contribution is -2.17. The maximum Gasteiger partial charge on any atom is 0.272 e. The molecule has 8 heteroatoms. The number of nitrogens with one attached hydrogen (secondary N) is 2. The van der Waals surface area contributed by atoms with E-state index in [1.54, 1.807) is 18.2 Å². The van der Waals surface area contributed by atoms with Crippen molar-refractivity contribution in [1.82, 2.24) is 4.98 Å². The Labute approximate surface area is 143 Å². The van der Waals surface area contributed by atoms with Gasteiger partial charge in [-0.25, -0.2) is 17.6 Å². The van der Waals surface area contributed by atoms with E-state index in [0.29, 0.717) is 22.0 Å². The van der Waals surface area contributed by atoms with Gasteiger partial charge in [0, 0.05) is 15.9 Å². The van der Waals surface area contributed by atoms with E-state index < -0.39 is 40.4 Å². The topological polar surface area (TPSA) is 44.9 Å². The highest BCUT2D eigenvalue weighted by molar-refractivity contribution is 6.31. The van der Waals surface area contributed by atoms with Crippen LogP contribution in [-0.2, 0) is 0 Å². The van der Waals surface area contributed by atoms with Gasteiger partial charge in [0.15, 0.2) is 23.3 Å². The maximum absolute atomic E-state index is 14.0. The molecular weight excluding hydrogens is 360 g/mol. The number of carbonyl (C=O) groups excluding carboxylic acids is 1. The molecule has 2 aromatic carbocycles. The summed E-state index contributed by atoms with van der Waals surface area (Å²) in [6.45, 7) is 3.09. The molecule has 1 amide bonds. The Hall–Kier alpha value is -2.80. The fourth-order valence-electron chi connectivity index (χ4n) is 2.34. The number of benzene rings is 2. The van der Waals surface area contributed by atoms with E-state index in [1.165, 1.54) is 6.07 Å². The first kappa shape index (κ1) is 17.0. The Morgan fingerprint density at radius 2 is 1.72 bits per heavy atom. The minimum Gasteiger partial charge on any atom is -0.351 e. The summed E-state index contributed by atoms with van der Waals surface area (Å²) in [5.41, 5.74) is -1.69. The van der Waals surface area contributed by atoms with Crippen molar-refractivity contribution in [3.8, 4) is 0 Å². The van der Waals surface area contributed by atoms with Gasteiger partial charge in [-0.1, -0.05) is 24.3 Å². The zero-order chi connectivity index (χ0) is 18.3. The number of anilines is 1. The van der Waals surface area contributed by atoms with Crippen molar-refractivity contribution in [3.63, 3.8) is 0 Å². The van der Waals surface area contributed by atoms with E-state index in [-0.39, 0.29) is 5.69 Å². The van der Waals surface area contributed by atoms with E-state index >= 15 is 0 Å². The number of halogens is 5. The van der Waals surface area contributed by atoms with E-state index in [4.69, 9.17) is 11.6 Å². The van der Waals surface area contributed by atoms with Gasteiger partial charge in [0.05, 0.1) is 5.56 Å². The summed E-state index contributed by atoms with van der Waals surface area (Å²) < 4.78 is 55.4. The minimum absolute atomic E-state index is 0.0651. The normalized spacial score (nSPS) is 10.9. The molecule has 0 unspecified atom stereocenters. The van der Waals surface area contributed by atoms with Crippen molar-refractivity contribution in [2.24, 2.45) is 0 Å². The van der Waals surface area contributed by atoms with Gasteiger partial charge in [-0.2, -0.15) is 0 Å². The average molecular weight is 369 g/mol. The summed E-state index contributed by atoms with van der Waals surface area (Å²) in [5.74, 6) is -7.71. The smallest absolute Gasteiger partial charge is 0.272 e. The number of fused-ring (bicyclic) bond motifs is 1. The number of hydrogen-bond donors (Lipinski definition) is 2. The second kappa shape index (κ2) is 6.25. The molecule has 0 saturated heterocycles. The molecule has 3 aromatic rings. The monoisotopic (exact) mass is 368 g/mol. The summed E-state index contributed by atoms with van der Waals surface area (Å²) in [6.07, 6.45) is 0.643. The number of aromatic nitrogens is 1. The summed E-state index contributed by atoms with van der Waals surface area (Å²) in [5, 5.41) is 2.85. The van der Waals surface area contributed by atoms with Gasteiger partial charge in [-0.15, -0.1) is 0 Å². The van der Waals surface area contributed by atoms with Crippen LogP contribution in [0, 0.1) is 23.3 Å². The first-order valence-corrected chi connectivity index (χ1v) is 7.29. The van der Waals surface area contributed by atoms with Crippen LogP contribution in [-0.4, -0.2) is 10.9 Å². The third kappa shape index (κ3) is 2.87. The van der Waals surface area contributed by atoms with Crippen LogP contribution >= 0.6 is 11.6 Å². The summed E-state index contributed by atoms with van der Waals surface area (Å²) >= 11 is 5.84. The van der Waals surface area contributed by atoms with Crippen LogP contribution in [0.3, 0.4) is 0 Å². The highest BCUT2D eigenvalue weighted by Crippen LogP contribution is 2.29. The second-order valence-electron chi connectivity index (χ2n) is 5.12. The van der Waals surface area contributed by atoms with Crippen LogP contribution in [0.2, 0.25) is 5.02 Å². The largest absolute Gasteiger partial charge is 0.351 e. The number of aromatic amines is 1. The van der Waals surface area contributed by atoms with E-state index in [9.17, 15) is 22.4 Å². The molecule has 0 fully saturated rings. The predicted octanol–water partition coefficient (Wildman–Crippen LogP) is 5.27. The van der Waals surface area contributed by atoms with Crippen molar-refractivity contribution in [3.05, 3.63) is 70.4 Å². The minimum atomic E-state index is -1.72. The van der Waals surface area contributed by atoms with E-state index in [1.807, 2.05) is 5.32 Å². The first-order chi connectivity index (χ1) is 11.8. The number of rotatable bonds is 3. The lowest BCUT2D eigenvalue weighted by molar-refractivity contribution is 0.102. The standard InChI is InChI=1S/C17H9ClF4N2O/c1-2-9-12(19)14(21)16(15(22)13(9)20)24-17(25)11-6-7-5-8(18)3-4-10(7)23-11/h2-6,23H,1H2,(H,24,25). The molecule has 1 heterocycles. The lowest BCUT2D eigenvalue weighted by atomic mass is 10.1. The van der Waals surface area contributed by atoms with Crippen LogP contribution in [0.5, 0.6) is 0 Å². The van der Waals surface area contributed by atoms with E-state index in [2.05, 4.69) is 11.6 Å². The zero-order valence-electron chi connectivity index (χ0n) is 12.4. The van der Waals surface area contributed by atoms with Crippen molar-refractivity contribution in [1.29, 1.82) is 0 Å². The Balaban J connectivity index is 2.01. The van der Waals surface area contributed by atoms with Gasteiger partial charge in [0.2, 0.25) is 0 Å². The third-order valence-electron chi connectivity index (χ3n) is 3.57. The molecule has 0 aliphatic carbocycles. The third-order valence-corrected chi connectivity index (χ3v) is 3.80. The summed E-state index contributed by atoms with van der Waals surface area (Å²) in [4.78, 5) is 14.9. The van der Waals surface area contributed by atoms with Gasteiger partial charge in [-0.05, 0) is 24.3 Å². The Kier molecular flexibility index (Phi) is 4.26. The molecule has 2 N–H and O–H groups in total. The van der Waals surface area contributed by atoms with Gasteiger partial charge < -0.3 is 10.3 Å². The molecule has 0 bridgehead atoms. The van der Waals surface area contributed by atoms with Crippen molar-refractivity contribution < 1.29 is 22.4 Å². The molecule has 0 spiro atoms. The van der Waals surface area contributed by atoms with Crippen LogP contribution in [0.4, 0.5) is 23.2 Å². The first-order valence-electron chi connectivity index (χ1n) is 6.91. The summed E-state index contributed by atoms with van der Waals surface area (Å²) in [7, 11) is 0. The molecule has 0 atom stereocenters. The van der Waals surface area contributed by atoms with Gasteiger partial charge in [0.1, 0.15) is 11.4 Å². The van der Waals surface area contributed by atoms with Crippen LogP contribution in [0.15, 0.2) is 30.8 Å². The lowest BCUT2D eigenvalue weighted by Gasteiger charge is -2.10. The van der Waals surface area contributed by atoms with Crippen LogP contribution in [0.1, 0.15) is 16.1 Å². The molecular formula is C17H9ClF4N2O. The van der Waals surface area contributed by atoms with Crippen molar-refractivity contribution in [2.45, 2.75) is 0 Å². The fraction of sp³-hybridized carbons (Fsp3) is 0. The fourth-order valence-corrected chi connectivity index (χ4v) is 2.52. The molecule has 128 valence electrons. The van der Waals surface area contributed by atoms with Crippen LogP contribution in [0.25, 0.3) is 17.0 Å². The summed E-state index contributed by atoms with van der Waals surface area (Å²) in [6, 6.07) is 6.15. The SMILES string of the molecule is C=Cc1c(F)c(F)c(NC(=O)c2cc3cc(Cl)ccc3[nH]2)c(F)c1F. The molecule has 0 aliphatic heterocycles. The maximum atomic E-state index is 14.0. The second-order valence-corrected chi connectivity index (χ2v) is 5.55. The number of amides is 1.